The smallest absolute Gasteiger partial charge is 0.257 e. The molecule has 0 spiro atoms. The molecule has 1 amide bonds. The summed E-state index contributed by atoms with van der Waals surface area (Å²) in [6.07, 6.45) is 1.04. The first-order chi connectivity index (χ1) is 14.9. The molecule has 0 bridgehead atoms. The van der Waals surface area contributed by atoms with Crippen molar-refractivity contribution in [2.75, 3.05) is 5.32 Å². The standard InChI is InChI=1S/C24H19Cl3N2O2/c1-3-13(2)14-4-9-22-21(10-14)29-24(31-22)18-12-16(6-8-19(18)26)28-23(30)17-7-5-15(25)11-20(17)27/h4-13H,3H2,1-2H3,(H,28,30)/t13-/m0/s1. The van der Waals surface area contributed by atoms with E-state index in [1.165, 1.54) is 11.6 Å². The predicted molar refractivity (Wildman–Crippen MR) is 128 cm³/mol. The number of carbonyl (C=O) groups is 1. The van der Waals surface area contributed by atoms with Crippen LogP contribution in [0.5, 0.6) is 0 Å². The van der Waals surface area contributed by atoms with Crippen molar-refractivity contribution < 1.29 is 9.21 Å². The molecule has 4 nitrogen and oxygen atoms in total. The summed E-state index contributed by atoms with van der Waals surface area (Å²) in [6.45, 7) is 4.33. The summed E-state index contributed by atoms with van der Waals surface area (Å²) in [5.74, 6) is 0.471. The second kappa shape index (κ2) is 8.91. The zero-order chi connectivity index (χ0) is 22.1. The maximum Gasteiger partial charge on any atom is 0.257 e. The molecule has 158 valence electrons. The molecule has 4 rings (SSSR count). The fraction of sp³-hybridized carbons (Fsp3) is 0.167. The van der Waals surface area contributed by atoms with Gasteiger partial charge < -0.3 is 9.73 Å². The highest BCUT2D eigenvalue weighted by Gasteiger charge is 2.16. The Bertz CT molecular complexity index is 1280. The molecular weight excluding hydrogens is 455 g/mol. The summed E-state index contributed by atoms with van der Waals surface area (Å²) in [5, 5.41) is 4.03. The van der Waals surface area contributed by atoms with Crippen molar-refractivity contribution in [2.45, 2.75) is 26.2 Å². The van der Waals surface area contributed by atoms with Crippen LogP contribution in [0.25, 0.3) is 22.6 Å². The van der Waals surface area contributed by atoms with Crippen molar-refractivity contribution in [3.8, 4) is 11.5 Å². The molecule has 1 atom stereocenters. The van der Waals surface area contributed by atoms with Gasteiger partial charge in [0.05, 0.1) is 21.2 Å². The van der Waals surface area contributed by atoms with E-state index >= 15 is 0 Å². The summed E-state index contributed by atoms with van der Waals surface area (Å²) in [5.41, 5.74) is 4.11. The Morgan fingerprint density at radius 3 is 2.58 bits per heavy atom. The van der Waals surface area contributed by atoms with Crippen LogP contribution in [0.15, 0.2) is 59.0 Å². The third-order valence-electron chi connectivity index (χ3n) is 5.22. The molecule has 1 heterocycles. The number of aromatic nitrogens is 1. The van der Waals surface area contributed by atoms with E-state index in [2.05, 4.69) is 30.2 Å². The molecule has 0 unspecified atom stereocenters. The van der Waals surface area contributed by atoms with E-state index < -0.39 is 0 Å². The van der Waals surface area contributed by atoms with Gasteiger partial charge in [0.1, 0.15) is 5.52 Å². The molecule has 4 aromatic rings. The Kier molecular flexibility index (Phi) is 6.24. The number of carbonyl (C=O) groups excluding carboxylic acids is 1. The number of fused-ring (bicyclic) bond motifs is 1. The van der Waals surface area contributed by atoms with Crippen LogP contribution >= 0.6 is 34.8 Å². The van der Waals surface area contributed by atoms with Crippen molar-refractivity contribution in [1.82, 2.24) is 4.98 Å². The fourth-order valence-electron chi connectivity index (χ4n) is 3.24. The molecule has 0 saturated carbocycles. The van der Waals surface area contributed by atoms with Gasteiger partial charge in [0, 0.05) is 10.7 Å². The molecule has 0 radical (unpaired) electrons. The highest BCUT2D eigenvalue weighted by atomic mass is 35.5. The lowest BCUT2D eigenvalue weighted by Crippen LogP contribution is -2.12. The minimum absolute atomic E-state index is 0.273. The average Bonchev–Trinajstić information content (AvgIpc) is 3.17. The first-order valence-electron chi connectivity index (χ1n) is 9.82. The van der Waals surface area contributed by atoms with Crippen LogP contribution in [0, 0.1) is 0 Å². The summed E-state index contributed by atoms with van der Waals surface area (Å²) in [7, 11) is 0. The zero-order valence-electron chi connectivity index (χ0n) is 16.9. The SMILES string of the molecule is CC[C@H](C)c1ccc2oc(-c3cc(NC(=O)c4ccc(Cl)cc4Cl)ccc3Cl)nc2c1. The molecule has 31 heavy (non-hydrogen) atoms. The van der Waals surface area contributed by atoms with Crippen LogP contribution < -0.4 is 5.32 Å². The Hall–Kier alpha value is -2.53. The number of nitrogens with zero attached hydrogens (tertiary/aromatic N) is 1. The average molecular weight is 474 g/mol. The van der Waals surface area contributed by atoms with Crippen molar-refractivity contribution >= 4 is 57.5 Å². The van der Waals surface area contributed by atoms with Crippen molar-refractivity contribution in [1.29, 1.82) is 0 Å². The number of nitrogens with one attached hydrogen (secondary N) is 1. The first-order valence-corrected chi connectivity index (χ1v) is 11.0. The monoisotopic (exact) mass is 472 g/mol. The second-order valence-electron chi connectivity index (χ2n) is 7.33. The van der Waals surface area contributed by atoms with Gasteiger partial charge in [-0.2, -0.15) is 0 Å². The first kappa shape index (κ1) is 21.7. The molecule has 0 fully saturated rings. The topological polar surface area (TPSA) is 55.1 Å². The molecule has 0 aliphatic rings. The molecule has 7 heteroatoms. The fourth-order valence-corrected chi connectivity index (χ4v) is 3.93. The summed E-state index contributed by atoms with van der Waals surface area (Å²) >= 11 is 18.5. The van der Waals surface area contributed by atoms with E-state index in [1.807, 2.05) is 12.1 Å². The number of amides is 1. The van der Waals surface area contributed by atoms with Crippen molar-refractivity contribution in [3.05, 3.63) is 80.8 Å². The Labute approximate surface area is 195 Å². The molecule has 3 aromatic carbocycles. The molecule has 0 saturated heterocycles. The van der Waals surface area contributed by atoms with Gasteiger partial charge >= 0.3 is 0 Å². The highest BCUT2D eigenvalue weighted by Crippen LogP contribution is 2.34. The van der Waals surface area contributed by atoms with Gasteiger partial charge in [0.2, 0.25) is 5.89 Å². The third-order valence-corrected chi connectivity index (χ3v) is 6.10. The zero-order valence-corrected chi connectivity index (χ0v) is 19.1. The molecule has 0 aliphatic carbocycles. The van der Waals surface area contributed by atoms with E-state index in [0.717, 1.165) is 11.9 Å². The quantitative estimate of drug-likeness (QED) is 0.317. The minimum Gasteiger partial charge on any atom is -0.436 e. The highest BCUT2D eigenvalue weighted by molar-refractivity contribution is 6.37. The van der Waals surface area contributed by atoms with Crippen LogP contribution in [0.1, 0.15) is 42.1 Å². The number of hydrogen-bond donors (Lipinski definition) is 1. The number of benzene rings is 3. The van der Waals surface area contributed by atoms with E-state index in [-0.39, 0.29) is 10.9 Å². The number of halogens is 3. The van der Waals surface area contributed by atoms with Gasteiger partial charge in [-0.15, -0.1) is 0 Å². The predicted octanol–water partition coefficient (Wildman–Crippen LogP) is 8.22. The van der Waals surface area contributed by atoms with E-state index in [1.54, 1.807) is 30.3 Å². The van der Waals surface area contributed by atoms with Gasteiger partial charge in [-0.3, -0.25) is 4.79 Å². The van der Waals surface area contributed by atoms with Crippen LogP contribution in [-0.2, 0) is 0 Å². The molecule has 0 aliphatic heterocycles. The van der Waals surface area contributed by atoms with Gasteiger partial charge in [0.15, 0.2) is 5.58 Å². The lowest BCUT2D eigenvalue weighted by Gasteiger charge is -2.09. The van der Waals surface area contributed by atoms with Gasteiger partial charge in [-0.25, -0.2) is 4.98 Å². The van der Waals surface area contributed by atoms with Crippen LogP contribution in [-0.4, -0.2) is 10.9 Å². The number of oxazole rings is 1. The second-order valence-corrected chi connectivity index (χ2v) is 8.58. The summed E-state index contributed by atoms with van der Waals surface area (Å²) in [4.78, 5) is 17.3. The molecular formula is C24H19Cl3N2O2. The van der Waals surface area contributed by atoms with Crippen molar-refractivity contribution in [3.63, 3.8) is 0 Å². The van der Waals surface area contributed by atoms with Gasteiger partial charge in [-0.05, 0) is 66.4 Å². The largest absolute Gasteiger partial charge is 0.436 e. The molecule has 1 N–H and O–H groups in total. The van der Waals surface area contributed by atoms with Crippen LogP contribution in [0.3, 0.4) is 0 Å². The number of anilines is 1. The summed E-state index contributed by atoms with van der Waals surface area (Å²) < 4.78 is 5.94. The van der Waals surface area contributed by atoms with E-state index in [9.17, 15) is 4.79 Å². The Morgan fingerprint density at radius 1 is 1.03 bits per heavy atom. The number of rotatable bonds is 5. The Morgan fingerprint density at radius 2 is 1.84 bits per heavy atom. The minimum atomic E-state index is -0.356. The van der Waals surface area contributed by atoms with E-state index in [0.29, 0.717) is 44.3 Å². The van der Waals surface area contributed by atoms with Gasteiger partial charge in [-0.1, -0.05) is 54.7 Å². The van der Waals surface area contributed by atoms with Crippen LogP contribution in [0.2, 0.25) is 15.1 Å². The van der Waals surface area contributed by atoms with Crippen molar-refractivity contribution in [2.24, 2.45) is 0 Å². The lowest BCUT2D eigenvalue weighted by molar-refractivity contribution is 0.102. The lowest BCUT2D eigenvalue weighted by atomic mass is 9.98. The van der Waals surface area contributed by atoms with Gasteiger partial charge in [0.25, 0.3) is 5.91 Å². The normalized spacial score (nSPS) is 12.2. The number of hydrogen-bond acceptors (Lipinski definition) is 3. The van der Waals surface area contributed by atoms with E-state index in [4.69, 9.17) is 39.2 Å². The third kappa shape index (κ3) is 4.57. The Balaban J connectivity index is 1.65. The maximum absolute atomic E-state index is 12.6. The van der Waals surface area contributed by atoms with Crippen LogP contribution in [0.4, 0.5) is 5.69 Å². The maximum atomic E-state index is 12.6. The molecule has 1 aromatic heterocycles. The summed E-state index contributed by atoms with van der Waals surface area (Å²) in [6, 6.07) is 15.9.